The summed E-state index contributed by atoms with van der Waals surface area (Å²) in [6, 6.07) is 12.0. The third-order valence-electron chi connectivity index (χ3n) is 2.94. The number of hydrogen-bond acceptors (Lipinski definition) is 1. The molecule has 0 heterocycles. The van der Waals surface area contributed by atoms with Crippen LogP contribution in [-0.4, -0.2) is 7.11 Å². The number of rotatable bonds is 3. The quantitative estimate of drug-likeness (QED) is 0.579. The zero-order valence-electron chi connectivity index (χ0n) is 10.6. The molecule has 0 spiro atoms. The molecule has 0 saturated carbocycles. The van der Waals surface area contributed by atoms with Gasteiger partial charge in [0.1, 0.15) is 5.75 Å². The molecule has 0 bridgehead atoms. The van der Waals surface area contributed by atoms with E-state index in [9.17, 15) is 0 Å². The Hall–Kier alpha value is -0.510. The van der Waals surface area contributed by atoms with Gasteiger partial charge in [0.25, 0.3) is 0 Å². The van der Waals surface area contributed by atoms with Gasteiger partial charge in [-0.15, -0.1) is 0 Å². The summed E-state index contributed by atoms with van der Waals surface area (Å²) in [5.74, 6) is 0.859. The topological polar surface area (TPSA) is 9.23 Å². The Kier molecular flexibility index (Phi) is 4.93. The minimum absolute atomic E-state index is 0.0657. The molecule has 2 aromatic rings. The maximum atomic E-state index is 6.07. The van der Waals surface area contributed by atoms with Gasteiger partial charge in [-0.05, 0) is 42.3 Å². The van der Waals surface area contributed by atoms with Crippen LogP contribution in [0.2, 0.25) is 5.02 Å². The summed E-state index contributed by atoms with van der Waals surface area (Å²) in [4.78, 5) is 0.0657. The number of alkyl halides is 1. The molecular formula is C15H13Br2ClO. The lowest BCUT2D eigenvalue weighted by Gasteiger charge is -2.16. The molecule has 19 heavy (non-hydrogen) atoms. The summed E-state index contributed by atoms with van der Waals surface area (Å²) in [5, 5.41) is 0.782. The highest BCUT2D eigenvalue weighted by molar-refractivity contribution is 9.10. The van der Waals surface area contributed by atoms with Gasteiger partial charge in [0, 0.05) is 15.1 Å². The molecule has 0 fully saturated rings. The van der Waals surface area contributed by atoms with Crippen molar-refractivity contribution in [1.82, 2.24) is 0 Å². The first-order valence-electron chi connectivity index (χ1n) is 5.76. The second-order valence-electron chi connectivity index (χ2n) is 4.26. The highest BCUT2D eigenvalue weighted by Gasteiger charge is 2.16. The van der Waals surface area contributed by atoms with Crippen molar-refractivity contribution in [2.24, 2.45) is 0 Å². The highest BCUT2D eigenvalue weighted by atomic mass is 79.9. The van der Waals surface area contributed by atoms with Crippen LogP contribution in [0, 0.1) is 6.92 Å². The van der Waals surface area contributed by atoms with Crippen molar-refractivity contribution in [1.29, 1.82) is 0 Å². The summed E-state index contributed by atoms with van der Waals surface area (Å²) in [6.07, 6.45) is 0. The molecule has 1 nitrogen and oxygen atoms in total. The molecule has 1 unspecified atom stereocenters. The molecule has 0 aliphatic heterocycles. The van der Waals surface area contributed by atoms with Gasteiger partial charge in [-0.2, -0.15) is 0 Å². The van der Waals surface area contributed by atoms with Crippen molar-refractivity contribution < 1.29 is 4.74 Å². The Labute approximate surface area is 135 Å². The average molecular weight is 405 g/mol. The normalized spacial score (nSPS) is 12.3. The van der Waals surface area contributed by atoms with Crippen molar-refractivity contribution >= 4 is 43.5 Å². The molecule has 2 rings (SSSR count). The number of ether oxygens (including phenoxy) is 1. The van der Waals surface area contributed by atoms with Crippen LogP contribution in [0.25, 0.3) is 0 Å². The fourth-order valence-corrected chi connectivity index (χ4v) is 3.05. The molecule has 0 radical (unpaired) electrons. The van der Waals surface area contributed by atoms with Gasteiger partial charge in [-0.3, -0.25) is 0 Å². The second kappa shape index (κ2) is 6.29. The van der Waals surface area contributed by atoms with Crippen molar-refractivity contribution in [2.45, 2.75) is 11.8 Å². The minimum atomic E-state index is 0.0657. The molecule has 0 aromatic heterocycles. The third kappa shape index (κ3) is 3.33. The lowest BCUT2D eigenvalue weighted by Crippen LogP contribution is -1.97. The van der Waals surface area contributed by atoms with E-state index in [0.29, 0.717) is 0 Å². The first kappa shape index (κ1) is 14.9. The number of benzene rings is 2. The van der Waals surface area contributed by atoms with Gasteiger partial charge < -0.3 is 4.74 Å². The van der Waals surface area contributed by atoms with Crippen molar-refractivity contribution in [3.05, 3.63) is 62.6 Å². The molecule has 2 aromatic carbocycles. The standard InChI is InChI=1S/C15H13Br2ClO/c1-9-7-10(3-5-13(9)18)15(17)12-8-11(16)4-6-14(12)19-2/h3-8,15H,1-2H3. The van der Waals surface area contributed by atoms with Gasteiger partial charge in [-0.1, -0.05) is 55.6 Å². The summed E-state index contributed by atoms with van der Waals surface area (Å²) in [6.45, 7) is 2.00. The van der Waals surface area contributed by atoms with Crippen LogP contribution in [-0.2, 0) is 0 Å². The van der Waals surface area contributed by atoms with Gasteiger partial charge in [-0.25, -0.2) is 0 Å². The van der Waals surface area contributed by atoms with Crippen LogP contribution in [0.1, 0.15) is 21.5 Å². The Morgan fingerprint density at radius 1 is 1.16 bits per heavy atom. The number of methoxy groups -OCH3 is 1. The predicted octanol–water partition coefficient (Wildman–Crippen LogP) is 5.90. The summed E-state index contributed by atoms with van der Waals surface area (Å²) in [5.41, 5.74) is 3.30. The van der Waals surface area contributed by atoms with E-state index in [1.165, 1.54) is 0 Å². The average Bonchev–Trinajstić information content (AvgIpc) is 2.41. The lowest BCUT2D eigenvalue weighted by atomic mass is 10.0. The molecule has 0 aliphatic rings. The summed E-state index contributed by atoms with van der Waals surface area (Å²) in [7, 11) is 1.68. The molecular weight excluding hydrogens is 391 g/mol. The van der Waals surface area contributed by atoms with E-state index in [-0.39, 0.29) is 4.83 Å². The number of hydrogen-bond donors (Lipinski definition) is 0. The molecule has 0 N–H and O–H groups in total. The molecule has 0 amide bonds. The van der Waals surface area contributed by atoms with Gasteiger partial charge >= 0.3 is 0 Å². The van der Waals surface area contributed by atoms with E-state index in [4.69, 9.17) is 16.3 Å². The Balaban J connectivity index is 2.45. The van der Waals surface area contributed by atoms with E-state index in [0.717, 1.165) is 31.9 Å². The Morgan fingerprint density at radius 3 is 2.53 bits per heavy atom. The zero-order valence-corrected chi connectivity index (χ0v) is 14.5. The van der Waals surface area contributed by atoms with E-state index < -0.39 is 0 Å². The van der Waals surface area contributed by atoms with Crippen LogP contribution in [0.4, 0.5) is 0 Å². The SMILES string of the molecule is COc1ccc(Br)cc1C(Br)c1ccc(Cl)c(C)c1. The van der Waals surface area contributed by atoms with Gasteiger partial charge in [0.2, 0.25) is 0 Å². The summed E-state index contributed by atoms with van der Waals surface area (Å²) >= 11 is 13.3. The fourth-order valence-electron chi connectivity index (χ4n) is 1.91. The third-order valence-corrected chi connectivity index (χ3v) is 4.88. The van der Waals surface area contributed by atoms with Crippen molar-refractivity contribution in [2.75, 3.05) is 7.11 Å². The van der Waals surface area contributed by atoms with Crippen LogP contribution in [0.5, 0.6) is 5.75 Å². The van der Waals surface area contributed by atoms with Crippen molar-refractivity contribution in [3.8, 4) is 5.75 Å². The Bertz CT molecular complexity index is 599. The second-order valence-corrected chi connectivity index (χ2v) is 6.50. The smallest absolute Gasteiger partial charge is 0.123 e. The maximum absolute atomic E-state index is 6.07. The lowest BCUT2D eigenvalue weighted by molar-refractivity contribution is 0.410. The fraction of sp³-hybridized carbons (Fsp3) is 0.200. The molecule has 0 saturated heterocycles. The minimum Gasteiger partial charge on any atom is -0.496 e. The van der Waals surface area contributed by atoms with Crippen LogP contribution in [0.15, 0.2) is 40.9 Å². The number of aryl methyl sites for hydroxylation is 1. The van der Waals surface area contributed by atoms with E-state index in [1.807, 2.05) is 31.2 Å². The first-order valence-corrected chi connectivity index (χ1v) is 7.85. The van der Waals surface area contributed by atoms with Gasteiger partial charge in [0.05, 0.1) is 11.9 Å². The van der Waals surface area contributed by atoms with E-state index >= 15 is 0 Å². The van der Waals surface area contributed by atoms with Crippen LogP contribution in [0.3, 0.4) is 0 Å². The van der Waals surface area contributed by atoms with Gasteiger partial charge in [0.15, 0.2) is 0 Å². The van der Waals surface area contributed by atoms with E-state index in [2.05, 4.69) is 44.0 Å². The zero-order chi connectivity index (χ0) is 14.0. The molecule has 100 valence electrons. The monoisotopic (exact) mass is 402 g/mol. The molecule has 0 aliphatic carbocycles. The van der Waals surface area contributed by atoms with E-state index in [1.54, 1.807) is 7.11 Å². The Morgan fingerprint density at radius 2 is 1.89 bits per heavy atom. The highest BCUT2D eigenvalue weighted by Crippen LogP contribution is 2.38. The van der Waals surface area contributed by atoms with Crippen molar-refractivity contribution in [3.63, 3.8) is 0 Å². The van der Waals surface area contributed by atoms with Crippen LogP contribution >= 0.6 is 43.5 Å². The predicted molar refractivity (Wildman–Crippen MR) is 87.7 cm³/mol. The maximum Gasteiger partial charge on any atom is 0.123 e. The van der Waals surface area contributed by atoms with Crippen LogP contribution < -0.4 is 4.74 Å². The largest absolute Gasteiger partial charge is 0.496 e. The first-order chi connectivity index (χ1) is 9.02. The number of halogens is 3. The summed E-state index contributed by atoms with van der Waals surface area (Å²) < 4.78 is 6.45. The molecule has 1 atom stereocenters. The molecule has 4 heteroatoms.